The normalized spacial score (nSPS) is 28.6. The Bertz CT molecular complexity index is 203. The lowest BCUT2D eigenvalue weighted by Crippen LogP contribution is -2.44. The molecule has 102 valence electrons. The fourth-order valence-electron chi connectivity index (χ4n) is 2.81. The van der Waals surface area contributed by atoms with Gasteiger partial charge in [0.2, 0.25) is 0 Å². The van der Waals surface area contributed by atoms with E-state index in [1.54, 1.807) is 0 Å². The predicted molar refractivity (Wildman–Crippen MR) is 76.3 cm³/mol. The largest absolute Gasteiger partial charge is 0.316 e. The van der Waals surface area contributed by atoms with Crippen molar-refractivity contribution in [1.29, 1.82) is 0 Å². The van der Waals surface area contributed by atoms with Crippen molar-refractivity contribution in [3.05, 3.63) is 0 Å². The molecule has 0 aromatic carbocycles. The van der Waals surface area contributed by atoms with Crippen molar-refractivity contribution in [3.8, 4) is 0 Å². The zero-order valence-electron chi connectivity index (χ0n) is 12.5. The summed E-state index contributed by atoms with van der Waals surface area (Å²) < 4.78 is 0. The Morgan fingerprint density at radius 3 is 2.47 bits per heavy atom. The van der Waals surface area contributed by atoms with E-state index in [2.05, 4.69) is 44.8 Å². The summed E-state index contributed by atoms with van der Waals surface area (Å²) in [5, 5.41) is 3.57. The van der Waals surface area contributed by atoms with E-state index < -0.39 is 0 Å². The number of hydrogen-bond donors (Lipinski definition) is 1. The van der Waals surface area contributed by atoms with E-state index in [0.717, 1.165) is 36.9 Å². The van der Waals surface area contributed by atoms with Crippen molar-refractivity contribution >= 4 is 0 Å². The van der Waals surface area contributed by atoms with Crippen LogP contribution in [0.4, 0.5) is 0 Å². The summed E-state index contributed by atoms with van der Waals surface area (Å²) in [5.74, 6) is 2.46. The quantitative estimate of drug-likeness (QED) is 0.768. The molecule has 1 rings (SSSR count). The molecule has 1 N–H and O–H groups in total. The molecule has 1 saturated heterocycles. The first-order valence-electron chi connectivity index (χ1n) is 7.43. The standard InChI is InChI=1S/C15H32N2/c1-12(2)9-16-10-14(4)11-17-7-6-13(3)8-15(17)5/h12-16H,6-11H2,1-5H3. The zero-order chi connectivity index (χ0) is 12.8. The molecule has 3 atom stereocenters. The maximum absolute atomic E-state index is 3.57. The second kappa shape index (κ2) is 7.38. The third kappa shape index (κ3) is 5.87. The minimum absolute atomic E-state index is 0.761. The number of hydrogen-bond acceptors (Lipinski definition) is 2. The van der Waals surface area contributed by atoms with Crippen molar-refractivity contribution in [1.82, 2.24) is 10.2 Å². The molecule has 0 aliphatic carbocycles. The van der Waals surface area contributed by atoms with E-state index in [4.69, 9.17) is 0 Å². The maximum atomic E-state index is 3.57. The van der Waals surface area contributed by atoms with Crippen LogP contribution in [-0.2, 0) is 0 Å². The highest BCUT2D eigenvalue weighted by atomic mass is 15.2. The van der Waals surface area contributed by atoms with Crippen molar-refractivity contribution in [3.63, 3.8) is 0 Å². The molecule has 1 fully saturated rings. The molecule has 0 radical (unpaired) electrons. The Morgan fingerprint density at radius 2 is 1.88 bits per heavy atom. The van der Waals surface area contributed by atoms with Gasteiger partial charge in [-0.2, -0.15) is 0 Å². The van der Waals surface area contributed by atoms with Crippen molar-refractivity contribution < 1.29 is 0 Å². The van der Waals surface area contributed by atoms with Gasteiger partial charge >= 0.3 is 0 Å². The third-order valence-corrected chi connectivity index (χ3v) is 3.87. The molecule has 2 heteroatoms. The monoisotopic (exact) mass is 240 g/mol. The Morgan fingerprint density at radius 1 is 1.18 bits per heavy atom. The number of nitrogens with one attached hydrogen (secondary N) is 1. The van der Waals surface area contributed by atoms with E-state index >= 15 is 0 Å². The molecule has 0 aromatic rings. The van der Waals surface area contributed by atoms with Crippen LogP contribution >= 0.6 is 0 Å². The lowest BCUT2D eigenvalue weighted by molar-refractivity contribution is 0.112. The van der Waals surface area contributed by atoms with Crippen LogP contribution in [0.15, 0.2) is 0 Å². The molecular weight excluding hydrogens is 208 g/mol. The molecule has 0 amide bonds. The predicted octanol–water partition coefficient (Wildman–Crippen LogP) is 2.99. The molecule has 0 saturated carbocycles. The van der Waals surface area contributed by atoms with Gasteiger partial charge in [-0.1, -0.05) is 27.7 Å². The van der Waals surface area contributed by atoms with Gasteiger partial charge in [-0.25, -0.2) is 0 Å². The highest BCUT2D eigenvalue weighted by molar-refractivity contribution is 4.78. The van der Waals surface area contributed by atoms with Gasteiger partial charge < -0.3 is 10.2 Å². The van der Waals surface area contributed by atoms with Crippen LogP contribution in [0.5, 0.6) is 0 Å². The molecule has 2 nitrogen and oxygen atoms in total. The van der Waals surface area contributed by atoms with Crippen molar-refractivity contribution in [2.24, 2.45) is 17.8 Å². The first-order valence-corrected chi connectivity index (χ1v) is 7.43. The van der Waals surface area contributed by atoms with Gasteiger partial charge in [0.1, 0.15) is 0 Å². The van der Waals surface area contributed by atoms with Crippen LogP contribution in [-0.4, -0.2) is 37.1 Å². The Labute approximate surface area is 108 Å². The summed E-state index contributed by atoms with van der Waals surface area (Å²) in [4.78, 5) is 2.68. The minimum Gasteiger partial charge on any atom is -0.316 e. The summed E-state index contributed by atoms with van der Waals surface area (Å²) in [5.41, 5.74) is 0. The van der Waals surface area contributed by atoms with Crippen LogP contribution < -0.4 is 5.32 Å². The lowest BCUT2D eigenvalue weighted by Gasteiger charge is -2.38. The van der Waals surface area contributed by atoms with Gasteiger partial charge in [0.15, 0.2) is 0 Å². The molecule has 0 aromatic heterocycles. The van der Waals surface area contributed by atoms with Gasteiger partial charge in [0, 0.05) is 12.6 Å². The summed E-state index contributed by atoms with van der Waals surface area (Å²) in [6, 6.07) is 0.784. The van der Waals surface area contributed by atoms with Crippen molar-refractivity contribution in [2.45, 2.75) is 53.5 Å². The van der Waals surface area contributed by atoms with Crippen LogP contribution in [0, 0.1) is 17.8 Å². The van der Waals surface area contributed by atoms with Crippen LogP contribution in [0.1, 0.15) is 47.5 Å². The molecular formula is C15H32N2. The first kappa shape index (κ1) is 15.0. The minimum atomic E-state index is 0.761. The summed E-state index contributed by atoms with van der Waals surface area (Å²) >= 11 is 0. The third-order valence-electron chi connectivity index (χ3n) is 3.87. The van der Waals surface area contributed by atoms with Gasteiger partial charge in [0.05, 0.1) is 0 Å². The second-order valence-corrected chi connectivity index (χ2v) is 6.63. The van der Waals surface area contributed by atoms with E-state index in [1.165, 1.54) is 25.9 Å². The van der Waals surface area contributed by atoms with Crippen LogP contribution in [0.2, 0.25) is 0 Å². The number of rotatable bonds is 6. The Balaban J connectivity index is 2.19. The van der Waals surface area contributed by atoms with Crippen LogP contribution in [0.3, 0.4) is 0 Å². The average Bonchev–Trinajstić information content (AvgIpc) is 2.21. The fraction of sp³-hybridized carbons (Fsp3) is 1.00. The molecule has 1 aliphatic heterocycles. The molecule has 0 spiro atoms. The number of piperidine rings is 1. The maximum Gasteiger partial charge on any atom is 0.00695 e. The molecule has 1 aliphatic rings. The molecule has 1 heterocycles. The number of nitrogens with zero attached hydrogens (tertiary/aromatic N) is 1. The van der Waals surface area contributed by atoms with E-state index in [0.29, 0.717) is 0 Å². The van der Waals surface area contributed by atoms with Gasteiger partial charge in [-0.05, 0) is 57.2 Å². The Hall–Kier alpha value is -0.0800. The van der Waals surface area contributed by atoms with E-state index in [9.17, 15) is 0 Å². The van der Waals surface area contributed by atoms with Gasteiger partial charge in [0.25, 0.3) is 0 Å². The SMILES string of the molecule is CC(C)CNCC(C)CN1CCC(C)CC1C. The summed E-state index contributed by atoms with van der Waals surface area (Å²) in [6.45, 7) is 16.6. The lowest BCUT2D eigenvalue weighted by atomic mass is 9.92. The Kier molecular flexibility index (Phi) is 6.50. The smallest absolute Gasteiger partial charge is 0.00695 e. The molecule has 0 bridgehead atoms. The zero-order valence-corrected chi connectivity index (χ0v) is 12.5. The average molecular weight is 240 g/mol. The summed E-state index contributed by atoms with van der Waals surface area (Å²) in [6.07, 6.45) is 2.77. The van der Waals surface area contributed by atoms with E-state index in [1.807, 2.05) is 0 Å². The second-order valence-electron chi connectivity index (χ2n) is 6.63. The fourth-order valence-corrected chi connectivity index (χ4v) is 2.81. The van der Waals surface area contributed by atoms with E-state index in [-0.39, 0.29) is 0 Å². The highest BCUT2D eigenvalue weighted by Gasteiger charge is 2.23. The molecule has 3 unspecified atom stereocenters. The summed E-state index contributed by atoms with van der Waals surface area (Å²) in [7, 11) is 0. The topological polar surface area (TPSA) is 15.3 Å². The highest BCUT2D eigenvalue weighted by Crippen LogP contribution is 2.22. The van der Waals surface area contributed by atoms with Crippen LogP contribution in [0.25, 0.3) is 0 Å². The molecule has 17 heavy (non-hydrogen) atoms. The number of likely N-dealkylation sites (tertiary alicyclic amines) is 1. The first-order chi connectivity index (χ1) is 7.99. The van der Waals surface area contributed by atoms with Gasteiger partial charge in [-0.15, -0.1) is 0 Å². The van der Waals surface area contributed by atoms with Crippen molar-refractivity contribution in [2.75, 3.05) is 26.2 Å². The van der Waals surface area contributed by atoms with Gasteiger partial charge in [-0.3, -0.25) is 0 Å².